The molecule has 0 radical (unpaired) electrons. The maximum atomic E-state index is 12.8. The van der Waals surface area contributed by atoms with Gasteiger partial charge in [-0.05, 0) is 54.3 Å². The van der Waals surface area contributed by atoms with Crippen LogP contribution in [0.1, 0.15) is 22.8 Å². The molecule has 3 rings (SSSR count). The summed E-state index contributed by atoms with van der Waals surface area (Å²) in [5, 5.41) is 0.874. The molecule has 1 heterocycles. The largest absolute Gasteiger partial charge is 0.326 e. The highest BCUT2D eigenvalue weighted by atomic mass is 16.2. The highest BCUT2D eigenvalue weighted by Gasteiger charge is 2.14. The van der Waals surface area contributed by atoms with Gasteiger partial charge in [0.25, 0.3) is 11.5 Å². The van der Waals surface area contributed by atoms with Gasteiger partial charge in [0.05, 0.1) is 5.52 Å². The van der Waals surface area contributed by atoms with E-state index in [4.69, 9.17) is 5.73 Å². The number of nitrogens with two attached hydrogens (primary N) is 1. The van der Waals surface area contributed by atoms with Gasteiger partial charge in [-0.1, -0.05) is 12.1 Å². The van der Waals surface area contributed by atoms with Crippen LogP contribution in [0, 0.1) is 0 Å². The minimum atomic E-state index is -0.100. The topological polar surface area (TPSA) is 68.3 Å². The van der Waals surface area contributed by atoms with Crippen molar-refractivity contribution in [2.24, 2.45) is 5.73 Å². The summed E-state index contributed by atoms with van der Waals surface area (Å²) in [5.41, 5.74) is 8.82. The lowest BCUT2D eigenvalue weighted by Crippen LogP contribution is -2.26. The van der Waals surface area contributed by atoms with Crippen molar-refractivity contribution >= 4 is 22.5 Å². The zero-order valence-electron chi connectivity index (χ0n) is 14.4. The first-order valence-corrected chi connectivity index (χ1v) is 8.26. The lowest BCUT2D eigenvalue weighted by Gasteiger charge is -2.18. The Kier molecular flexibility index (Phi) is 4.67. The molecule has 3 aromatic rings. The third-order valence-electron chi connectivity index (χ3n) is 4.42. The fraction of sp³-hybridized carbons (Fsp3) is 0.200. The molecule has 1 amide bonds. The van der Waals surface area contributed by atoms with Crippen molar-refractivity contribution in [1.29, 1.82) is 0 Å². The number of benzene rings is 2. The molecule has 25 heavy (non-hydrogen) atoms. The van der Waals surface area contributed by atoms with Gasteiger partial charge in [-0.2, -0.15) is 0 Å². The average molecular weight is 335 g/mol. The van der Waals surface area contributed by atoms with Crippen LogP contribution >= 0.6 is 0 Å². The van der Waals surface area contributed by atoms with E-state index in [-0.39, 0.29) is 11.5 Å². The van der Waals surface area contributed by atoms with Crippen molar-refractivity contribution in [2.75, 3.05) is 11.9 Å². The van der Waals surface area contributed by atoms with E-state index < -0.39 is 0 Å². The standard InChI is InChI=1S/C20H21N3O2/c1-3-23-18-10-6-16(12-15(18)7-11-19(23)24)20(25)22(2)17-8-4-14(13-21)5-9-17/h4-12H,3,13,21H2,1-2H3. The molecule has 2 aromatic carbocycles. The van der Waals surface area contributed by atoms with Gasteiger partial charge in [0, 0.05) is 37.5 Å². The Bertz CT molecular complexity index is 974. The summed E-state index contributed by atoms with van der Waals surface area (Å²) >= 11 is 0. The van der Waals surface area contributed by atoms with E-state index in [1.807, 2.05) is 43.3 Å². The first-order chi connectivity index (χ1) is 12.0. The lowest BCUT2D eigenvalue weighted by molar-refractivity contribution is 0.0993. The van der Waals surface area contributed by atoms with Crippen LogP contribution < -0.4 is 16.2 Å². The second kappa shape index (κ2) is 6.91. The van der Waals surface area contributed by atoms with Crippen molar-refractivity contribution in [3.05, 3.63) is 76.1 Å². The molecule has 0 fully saturated rings. The van der Waals surface area contributed by atoms with Crippen molar-refractivity contribution < 1.29 is 4.79 Å². The molecule has 0 spiro atoms. The quantitative estimate of drug-likeness (QED) is 0.797. The minimum Gasteiger partial charge on any atom is -0.326 e. The van der Waals surface area contributed by atoms with Crippen LogP contribution in [-0.4, -0.2) is 17.5 Å². The third kappa shape index (κ3) is 3.19. The molecule has 2 N–H and O–H groups in total. The Morgan fingerprint density at radius 2 is 1.80 bits per heavy atom. The fourth-order valence-corrected chi connectivity index (χ4v) is 2.93. The number of aromatic nitrogens is 1. The number of pyridine rings is 1. The van der Waals surface area contributed by atoms with Crippen LogP contribution in [0.3, 0.4) is 0 Å². The van der Waals surface area contributed by atoms with Gasteiger partial charge in [-0.3, -0.25) is 9.59 Å². The molecule has 0 aliphatic heterocycles. The fourth-order valence-electron chi connectivity index (χ4n) is 2.93. The molecule has 0 saturated carbocycles. The van der Waals surface area contributed by atoms with Crippen molar-refractivity contribution in [3.8, 4) is 0 Å². The molecule has 5 nitrogen and oxygen atoms in total. The van der Waals surface area contributed by atoms with Gasteiger partial charge in [0.1, 0.15) is 0 Å². The molecule has 1 aromatic heterocycles. The molecule has 0 bridgehead atoms. The molecule has 0 atom stereocenters. The number of amides is 1. The Morgan fingerprint density at radius 1 is 1.08 bits per heavy atom. The SMILES string of the molecule is CCn1c(=O)ccc2cc(C(=O)N(C)c3ccc(CN)cc3)ccc21. The van der Waals surface area contributed by atoms with E-state index in [0.717, 1.165) is 22.2 Å². The number of hydrogen-bond donors (Lipinski definition) is 1. The summed E-state index contributed by atoms with van der Waals surface area (Å²) in [4.78, 5) is 26.3. The van der Waals surface area contributed by atoms with E-state index in [1.165, 1.54) is 6.07 Å². The highest BCUT2D eigenvalue weighted by molar-refractivity contribution is 6.07. The van der Waals surface area contributed by atoms with Gasteiger partial charge in [0.2, 0.25) is 0 Å². The second-order valence-electron chi connectivity index (χ2n) is 5.92. The molecule has 0 aliphatic rings. The summed E-state index contributed by atoms with van der Waals surface area (Å²) in [6, 6.07) is 16.3. The summed E-state index contributed by atoms with van der Waals surface area (Å²) in [6.07, 6.45) is 0. The van der Waals surface area contributed by atoms with E-state index >= 15 is 0 Å². The number of nitrogens with zero attached hydrogens (tertiary/aromatic N) is 2. The van der Waals surface area contributed by atoms with Crippen LogP contribution in [0.25, 0.3) is 10.9 Å². The second-order valence-corrected chi connectivity index (χ2v) is 5.92. The first-order valence-electron chi connectivity index (χ1n) is 8.26. The molecular formula is C20H21N3O2. The smallest absolute Gasteiger partial charge is 0.258 e. The van der Waals surface area contributed by atoms with E-state index in [9.17, 15) is 9.59 Å². The summed E-state index contributed by atoms with van der Waals surface area (Å²) in [7, 11) is 1.75. The number of carbonyl (C=O) groups is 1. The number of fused-ring (bicyclic) bond motifs is 1. The van der Waals surface area contributed by atoms with Gasteiger partial charge in [0.15, 0.2) is 0 Å². The van der Waals surface area contributed by atoms with Crippen molar-refractivity contribution in [2.45, 2.75) is 20.0 Å². The van der Waals surface area contributed by atoms with Crippen LogP contribution in [0.2, 0.25) is 0 Å². The van der Waals surface area contributed by atoms with E-state index in [1.54, 1.807) is 28.6 Å². The van der Waals surface area contributed by atoms with Crippen LogP contribution in [-0.2, 0) is 13.1 Å². The van der Waals surface area contributed by atoms with Gasteiger partial charge in [-0.15, -0.1) is 0 Å². The Balaban J connectivity index is 1.96. The Morgan fingerprint density at radius 3 is 2.44 bits per heavy atom. The number of hydrogen-bond acceptors (Lipinski definition) is 3. The highest BCUT2D eigenvalue weighted by Crippen LogP contribution is 2.19. The molecular weight excluding hydrogens is 314 g/mol. The summed E-state index contributed by atoms with van der Waals surface area (Å²) in [5.74, 6) is -0.100. The predicted octanol–water partition coefficient (Wildman–Crippen LogP) is 2.76. The molecule has 128 valence electrons. The zero-order chi connectivity index (χ0) is 18.0. The zero-order valence-corrected chi connectivity index (χ0v) is 14.4. The van der Waals surface area contributed by atoms with Crippen LogP contribution in [0.5, 0.6) is 0 Å². The van der Waals surface area contributed by atoms with Gasteiger partial charge in [-0.25, -0.2) is 0 Å². The maximum absolute atomic E-state index is 12.8. The van der Waals surface area contributed by atoms with E-state index in [0.29, 0.717) is 18.7 Å². The Labute approximate surface area is 146 Å². The van der Waals surface area contributed by atoms with E-state index in [2.05, 4.69) is 0 Å². The van der Waals surface area contributed by atoms with Gasteiger partial charge < -0.3 is 15.2 Å². The molecule has 0 aliphatic carbocycles. The average Bonchev–Trinajstić information content (AvgIpc) is 2.66. The number of aryl methyl sites for hydroxylation is 1. The molecule has 0 unspecified atom stereocenters. The van der Waals surface area contributed by atoms with Crippen LogP contribution in [0.4, 0.5) is 5.69 Å². The van der Waals surface area contributed by atoms with Crippen molar-refractivity contribution in [1.82, 2.24) is 4.57 Å². The summed E-state index contributed by atoms with van der Waals surface area (Å²) in [6.45, 7) is 3.00. The third-order valence-corrected chi connectivity index (χ3v) is 4.42. The number of rotatable bonds is 4. The number of carbonyl (C=O) groups excluding carboxylic acids is 1. The maximum Gasteiger partial charge on any atom is 0.258 e. The Hall–Kier alpha value is -2.92. The molecule has 0 saturated heterocycles. The lowest BCUT2D eigenvalue weighted by atomic mass is 10.1. The normalized spacial score (nSPS) is 10.8. The first kappa shape index (κ1) is 16.9. The van der Waals surface area contributed by atoms with Gasteiger partial charge >= 0.3 is 0 Å². The minimum absolute atomic E-state index is 0.0359. The summed E-state index contributed by atoms with van der Waals surface area (Å²) < 4.78 is 1.69. The van der Waals surface area contributed by atoms with Crippen LogP contribution in [0.15, 0.2) is 59.4 Å². The predicted molar refractivity (Wildman–Crippen MR) is 101 cm³/mol. The molecule has 5 heteroatoms. The monoisotopic (exact) mass is 335 g/mol. The number of anilines is 1. The van der Waals surface area contributed by atoms with Crippen molar-refractivity contribution in [3.63, 3.8) is 0 Å².